The second kappa shape index (κ2) is 6.02. The average molecular weight is 283 g/mol. The number of hydrogen-bond acceptors (Lipinski definition) is 2. The van der Waals surface area contributed by atoms with Crippen molar-refractivity contribution in [3.63, 3.8) is 0 Å². The maximum Gasteiger partial charge on any atom is 0.0666 e. The molecule has 0 spiro atoms. The third-order valence-corrected chi connectivity index (χ3v) is 4.59. The van der Waals surface area contributed by atoms with Crippen molar-refractivity contribution in [2.24, 2.45) is 7.05 Å². The van der Waals surface area contributed by atoms with Gasteiger partial charge in [-0.2, -0.15) is 5.10 Å². The van der Waals surface area contributed by atoms with Gasteiger partial charge in [0, 0.05) is 31.4 Å². The zero-order chi connectivity index (χ0) is 14.8. The fourth-order valence-electron chi connectivity index (χ4n) is 3.18. The predicted octanol–water partition coefficient (Wildman–Crippen LogP) is 3.33. The first-order valence-corrected chi connectivity index (χ1v) is 7.97. The highest BCUT2D eigenvalue weighted by molar-refractivity contribution is 5.27. The van der Waals surface area contributed by atoms with Crippen LogP contribution in [0, 0.1) is 6.92 Å². The van der Waals surface area contributed by atoms with Gasteiger partial charge < -0.3 is 5.32 Å². The highest BCUT2D eigenvalue weighted by Crippen LogP contribution is 2.37. The normalized spacial score (nSPS) is 21.3. The molecule has 1 heterocycles. The number of benzene rings is 1. The molecule has 1 aliphatic rings. The average Bonchev–Trinajstić information content (AvgIpc) is 2.79. The van der Waals surface area contributed by atoms with Crippen LogP contribution in [0.4, 0.5) is 0 Å². The molecule has 0 radical (unpaired) electrons. The number of nitrogens with zero attached hydrogens (tertiary/aromatic N) is 2. The predicted molar refractivity (Wildman–Crippen MR) is 86.4 cm³/mol. The summed E-state index contributed by atoms with van der Waals surface area (Å²) >= 11 is 0. The van der Waals surface area contributed by atoms with E-state index < -0.39 is 0 Å². The highest BCUT2D eigenvalue weighted by atomic mass is 15.3. The number of aryl methyl sites for hydroxylation is 3. The minimum Gasteiger partial charge on any atom is -0.310 e. The monoisotopic (exact) mass is 283 g/mol. The Kier molecular flexibility index (Phi) is 4.11. The number of rotatable bonds is 5. The Hall–Kier alpha value is -1.61. The van der Waals surface area contributed by atoms with E-state index in [0.29, 0.717) is 6.04 Å². The summed E-state index contributed by atoms with van der Waals surface area (Å²) in [7, 11) is 2.00. The van der Waals surface area contributed by atoms with Gasteiger partial charge in [-0.1, -0.05) is 36.8 Å². The fraction of sp³-hybridized carbons (Fsp3) is 0.500. The molecule has 3 rings (SSSR count). The molecular formula is C18H25N3. The van der Waals surface area contributed by atoms with Crippen LogP contribution in [0.5, 0.6) is 0 Å². The summed E-state index contributed by atoms with van der Waals surface area (Å²) in [5.74, 6) is 0.739. The van der Waals surface area contributed by atoms with Gasteiger partial charge in [0.25, 0.3) is 0 Å². The second-order valence-electron chi connectivity index (χ2n) is 6.29. The summed E-state index contributed by atoms with van der Waals surface area (Å²) in [5.41, 5.74) is 5.41. The van der Waals surface area contributed by atoms with Crippen LogP contribution in [0.2, 0.25) is 0 Å². The van der Waals surface area contributed by atoms with Crippen LogP contribution in [0.15, 0.2) is 30.5 Å². The lowest BCUT2D eigenvalue weighted by Crippen LogP contribution is -2.39. The van der Waals surface area contributed by atoms with E-state index in [9.17, 15) is 0 Å². The molecule has 1 aromatic heterocycles. The van der Waals surface area contributed by atoms with E-state index in [1.165, 1.54) is 35.2 Å². The van der Waals surface area contributed by atoms with Gasteiger partial charge in [-0.3, -0.25) is 4.68 Å². The summed E-state index contributed by atoms with van der Waals surface area (Å²) in [4.78, 5) is 0. The smallest absolute Gasteiger partial charge is 0.0666 e. The van der Waals surface area contributed by atoms with E-state index in [4.69, 9.17) is 0 Å². The van der Waals surface area contributed by atoms with Crippen LogP contribution in [0.1, 0.15) is 48.1 Å². The molecule has 3 heteroatoms. The molecular weight excluding hydrogens is 258 g/mol. The molecule has 1 N–H and O–H groups in total. The first-order chi connectivity index (χ1) is 10.2. The molecule has 1 aromatic carbocycles. The molecule has 1 aliphatic carbocycles. The minimum atomic E-state index is 0.654. The van der Waals surface area contributed by atoms with Gasteiger partial charge in [-0.05, 0) is 37.7 Å². The highest BCUT2D eigenvalue weighted by Gasteiger charge is 2.29. The fourth-order valence-corrected chi connectivity index (χ4v) is 3.18. The third kappa shape index (κ3) is 3.18. The molecule has 0 aliphatic heterocycles. The molecule has 2 aromatic rings. The Morgan fingerprint density at radius 3 is 2.62 bits per heavy atom. The first-order valence-electron chi connectivity index (χ1n) is 7.97. The van der Waals surface area contributed by atoms with Gasteiger partial charge in [-0.25, -0.2) is 0 Å². The topological polar surface area (TPSA) is 29.9 Å². The lowest BCUT2D eigenvalue weighted by molar-refractivity contribution is 0.289. The van der Waals surface area contributed by atoms with E-state index in [1.54, 1.807) is 0 Å². The largest absolute Gasteiger partial charge is 0.310 e. The number of nitrogens with one attached hydrogen (secondary N) is 1. The van der Waals surface area contributed by atoms with Crippen molar-refractivity contribution >= 4 is 0 Å². The van der Waals surface area contributed by atoms with Crippen LogP contribution in [-0.4, -0.2) is 15.8 Å². The van der Waals surface area contributed by atoms with Crippen molar-refractivity contribution in [1.82, 2.24) is 15.1 Å². The number of hydrogen-bond donors (Lipinski definition) is 1. The Bertz CT molecular complexity index is 591. The minimum absolute atomic E-state index is 0.654. The van der Waals surface area contributed by atoms with E-state index in [-0.39, 0.29) is 0 Å². The lowest BCUT2D eigenvalue weighted by atomic mass is 9.75. The Morgan fingerprint density at radius 1 is 1.24 bits per heavy atom. The van der Waals surface area contributed by atoms with Crippen LogP contribution < -0.4 is 5.32 Å². The van der Waals surface area contributed by atoms with Crippen molar-refractivity contribution in [2.45, 2.75) is 51.6 Å². The Balaban J connectivity index is 1.50. The lowest BCUT2D eigenvalue weighted by Gasteiger charge is -2.36. The zero-order valence-electron chi connectivity index (χ0n) is 13.3. The van der Waals surface area contributed by atoms with Crippen molar-refractivity contribution in [2.75, 3.05) is 0 Å². The molecule has 1 saturated carbocycles. The van der Waals surface area contributed by atoms with Crippen LogP contribution in [0.3, 0.4) is 0 Å². The van der Waals surface area contributed by atoms with Gasteiger partial charge in [0.15, 0.2) is 0 Å². The first kappa shape index (κ1) is 14.3. The molecule has 0 amide bonds. The summed E-state index contributed by atoms with van der Waals surface area (Å²) in [6.45, 7) is 5.26. The summed E-state index contributed by atoms with van der Waals surface area (Å²) in [6, 6.07) is 9.67. The molecule has 112 valence electrons. The van der Waals surface area contributed by atoms with E-state index in [2.05, 4.69) is 54.7 Å². The number of aromatic nitrogens is 2. The van der Waals surface area contributed by atoms with Gasteiger partial charge in [0.2, 0.25) is 0 Å². The Labute approximate surface area is 127 Å². The SMILES string of the molecule is CCc1nn(C)cc1CNC1CC(c2ccc(C)cc2)C1. The molecule has 0 saturated heterocycles. The summed E-state index contributed by atoms with van der Waals surface area (Å²) < 4.78 is 1.92. The summed E-state index contributed by atoms with van der Waals surface area (Å²) in [6.07, 6.45) is 5.66. The standard InChI is InChI=1S/C18H25N3/c1-4-18-16(12-21(3)20-18)11-19-17-9-15(10-17)14-7-5-13(2)6-8-14/h5-8,12,15,17,19H,4,9-11H2,1-3H3. The van der Waals surface area contributed by atoms with E-state index in [1.807, 2.05) is 11.7 Å². The van der Waals surface area contributed by atoms with E-state index in [0.717, 1.165) is 18.9 Å². The van der Waals surface area contributed by atoms with Gasteiger partial charge >= 0.3 is 0 Å². The molecule has 0 bridgehead atoms. The quantitative estimate of drug-likeness (QED) is 0.912. The van der Waals surface area contributed by atoms with Crippen molar-refractivity contribution in [1.29, 1.82) is 0 Å². The van der Waals surface area contributed by atoms with Crippen molar-refractivity contribution in [3.05, 3.63) is 52.8 Å². The van der Waals surface area contributed by atoms with Crippen LogP contribution >= 0.6 is 0 Å². The van der Waals surface area contributed by atoms with Gasteiger partial charge in [-0.15, -0.1) is 0 Å². The molecule has 3 nitrogen and oxygen atoms in total. The Morgan fingerprint density at radius 2 is 1.95 bits per heavy atom. The third-order valence-electron chi connectivity index (χ3n) is 4.59. The maximum atomic E-state index is 4.50. The van der Waals surface area contributed by atoms with Gasteiger partial charge in [0.05, 0.1) is 5.69 Å². The summed E-state index contributed by atoms with van der Waals surface area (Å²) in [5, 5.41) is 8.18. The maximum absolute atomic E-state index is 4.50. The van der Waals surface area contributed by atoms with Crippen molar-refractivity contribution < 1.29 is 0 Å². The van der Waals surface area contributed by atoms with E-state index >= 15 is 0 Å². The molecule has 21 heavy (non-hydrogen) atoms. The van der Waals surface area contributed by atoms with Crippen molar-refractivity contribution in [3.8, 4) is 0 Å². The molecule has 0 unspecified atom stereocenters. The second-order valence-corrected chi connectivity index (χ2v) is 6.29. The van der Waals surface area contributed by atoms with Crippen LogP contribution in [-0.2, 0) is 20.0 Å². The zero-order valence-corrected chi connectivity index (χ0v) is 13.3. The van der Waals surface area contributed by atoms with Crippen LogP contribution in [0.25, 0.3) is 0 Å². The van der Waals surface area contributed by atoms with Gasteiger partial charge in [0.1, 0.15) is 0 Å². The molecule has 1 fully saturated rings. The molecule has 0 atom stereocenters.